The summed E-state index contributed by atoms with van der Waals surface area (Å²) in [4.78, 5) is 22.5. The zero-order valence-corrected chi connectivity index (χ0v) is 25.2. The normalized spacial score (nSPS) is 20.4. The third kappa shape index (κ3) is 7.76. The molecule has 1 amide bonds. The van der Waals surface area contributed by atoms with Crippen molar-refractivity contribution in [3.8, 4) is 0 Å². The van der Waals surface area contributed by atoms with Crippen LogP contribution in [-0.2, 0) is 36.4 Å². The third-order valence-corrected chi connectivity index (χ3v) is 8.68. The summed E-state index contributed by atoms with van der Waals surface area (Å²) in [6.45, 7) is 1.23. The van der Waals surface area contributed by atoms with Crippen LogP contribution >= 0.6 is 0 Å². The molecule has 2 N–H and O–H groups in total. The number of benzene rings is 2. The second-order valence-electron chi connectivity index (χ2n) is 11.1. The molecule has 1 heterocycles. The fourth-order valence-corrected chi connectivity index (χ4v) is 5.30. The number of ether oxygens (including phenoxy) is 1. The number of alkyl halides is 6. The quantitative estimate of drug-likeness (QED) is 0.237. The fraction of sp³-hybridized carbons (Fsp3) is 0.517. The monoisotopic (exact) mass is 658 g/mol. The summed E-state index contributed by atoms with van der Waals surface area (Å²) in [6, 6.07) is 9.14. The number of carbonyl (C=O) groups is 2. The van der Waals surface area contributed by atoms with E-state index in [4.69, 9.17) is 0 Å². The molecular formula is C29H34F8N2O4S. The first-order chi connectivity index (χ1) is 20.3. The molecule has 1 saturated heterocycles. The van der Waals surface area contributed by atoms with E-state index in [1.807, 2.05) is 5.32 Å². The van der Waals surface area contributed by atoms with E-state index in [0.717, 1.165) is 31.4 Å². The zero-order valence-electron chi connectivity index (χ0n) is 24.4. The number of methoxy groups -OCH3 is 1. The maximum atomic E-state index is 15.0. The van der Waals surface area contributed by atoms with Gasteiger partial charge in [-0.05, 0) is 32.9 Å². The van der Waals surface area contributed by atoms with Crippen LogP contribution in [0, 0.1) is 11.6 Å². The van der Waals surface area contributed by atoms with Gasteiger partial charge in [-0.1, -0.05) is 36.4 Å². The van der Waals surface area contributed by atoms with Crippen molar-refractivity contribution < 1.29 is 53.7 Å². The van der Waals surface area contributed by atoms with Crippen molar-refractivity contribution in [2.24, 2.45) is 0 Å². The van der Waals surface area contributed by atoms with Gasteiger partial charge in [0, 0.05) is 30.4 Å². The minimum Gasteiger partial charge on any atom is -0.469 e. The number of esters is 1. The highest BCUT2D eigenvalue weighted by molar-refractivity contribution is 7.84. The average molecular weight is 659 g/mol. The van der Waals surface area contributed by atoms with Gasteiger partial charge in [-0.15, -0.1) is 0 Å². The van der Waals surface area contributed by atoms with Gasteiger partial charge in [0.25, 0.3) is 11.8 Å². The van der Waals surface area contributed by atoms with Crippen molar-refractivity contribution in [3.63, 3.8) is 0 Å². The molecule has 1 fully saturated rings. The van der Waals surface area contributed by atoms with Crippen LogP contribution in [0.3, 0.4) is 0 Å². The number of carbonyl (C=O) groups excluding carboxylic acids is 2. The van der Waals surface area contributed by atoms with Crippen LogP contribution < -0.4 is 10.0 Å². The minimum atomic E-state index is -3.93. The molecule has 2 aromatic carbocycles. The average Bonchev–Trinajstić information content (AvgIpc) is 2.96. The van der Waals surface area contributed by atoms with Crippen molar-refractivity contribution in [3.05, 3.63) is 71.3 Å². The molecule has 6 nitrogen and oxygen atoms in total. The third-order valence-electron chi connectivity index (χ3n) is 7.03. The lowest BCUT2D eigenvalue weighted by molar-refractivity contribution is -0.156. The number of halogens is 8. The van der Waals surface area contributed by atoms with Crippen LogP contribution in [0.2, 0.25) is 0 Å². The molecule has 0 aromatic heterocycles. The molecule has 0 saturated carbocycles. The molecule has 2 aromatic rings. The number of amides is 1. The second-order valence-corrected chi connectivity index (χ2v) is 13.0. The first-order valence-electron chi connectivity index (χ1n) is 13.3. The van der Waals surface area contributed by atoms with E-state index < -0.39 is 112 Å². The van der Waals surface area contributed by atoms with Crippen molar-refractivity contribution in [1.82, 2.24) is 10.0 Å². The number of nitrogens with one attached hydrogen (secondary N) is 2. The molecule has 3 rings (SSSR count). The summed E-state index contributed by atoms with van der Waals surface area (Å²) >= 11 is 0. The van der Waals surface area contributed by atoms with Gasteiger partial charge in [0.15, 0.2) is 11.1 Å². The Morgan fingerprint density at radius 2 is 1.59 bits per heavy atom. The van der Waals surface area contributed by atoms with Crippen LogP contribution in [-0.4, -0.2) is 53.1 Å². The lowest BCUT2D eigenvalue weighted by Crippen LogP contribution is -2.63. The Labute approximate surface area is 252 Å². The topological polar surface area (TPSA) is 84.5 Å². The SMILES string of the molecule is COC(=O)CCC(F)(F)[C@](CF)(N[S@](=O)C(C)(C)C)c1ccccc1F.O=C1CCC(F)(F)[C@@](CF)(c2ccccc2F)N1. The molecule has 3 atom stereocenters. The van der Waals surface area contributed by atoms with E-state index in [2.05, 4.69) is 9.46 Å². The molecule has 0 unspecified atom stereocenters. The lowest BCUT2D eigenvalue weighted by Gasteiger charge is -2.42. The zero-order chi connectivity index (χ0) is 33.6. The highest BCUT2D eigenvalue weighted by Gasteiger charge is 2.60. The van der Waals surface area contributed by atoms with Crippen LogP contribution in [0.25, 0.3) is 0 Å². The molecule has 1 aliphatic rings. The van der Waals surface area contributed by atoms with Gasteiger partial charge in [-0.2, -0.15) is 0 Å². The van der Waals surface area contributed by atoms with Crippen molar-refractivity contribution >= 4 is 22.9 Å². The molecule has 246 valence electrons. The Hall–Kier alpha value is -3.07. The Bertz CT molecular complexity index is 1340. The highest BCUT2D eigenvalue weighted by atomic mass is 32.2. The molecule has 0 aliphatic carbocycles. The van der Waals surface area contributed by atoms with E-state index in [-0.39, 0.29) is 0 Å². The summed E-state index contributed by atoms with van der Waals surface area (Å²) in [5.74, 6) is -11.1. The first kappa shape index (κ1) is 37.1. The minimum absolute atomic E-state index is 0.400. The predicted octanol–water partition coefficient (Wildman–Crippen LogP) is 6.17. The fourth-order valence-electron chi connectivity index (χ4n) is 4.37. The molecule has 1 aliphatic heterocycles. The summed E-state index contributed by atoms with van der Waals surface area (Å²) < 4.78 is 131. The summed E-state index contributed by atoms with van der Waals surface area (Å²) in [6.07, 6.45) is -3.00. The van der Waals surface area contributed by atoms with Crippen molar-refractivity contribution in [1.29, 1.82) is 0 Å². The Balaban J connectivity index is 0.000000326. The number of piperidine rings is 1. The van der Waals surface area contributed by atoms with Gasteiger partial charge in [0.1, 0.15) is 25.0 Å². The van der Waals surface area contributed by atoms with Gasteiger partial charge in [-0.3, -0.25) is 9.59 Å². The van der Waals surface area contributed by atoms with E-state index in [1.165, 1.54) is 45.0 Å². The Morgan fingerprint density at radius 1 is 1.02 bits per heavy atom. The predicted molar refractivity (Wildman–Crippen MR) is 148 cm³/mol. The van der Waals surface area contributed by atoms with Gasteiger partial charge < -0.3 is 10.1 Å². The van der Waals surface area contributed by atoms with Gasteiger partial charge in [-0.25, -0.2) is 44.1 Å². The van der Waals surface area contributed by atoms with E-state index >= 15 is 8.78 Å². The molecule has 0 spiro atoms. The largest absolute Gasteiger partial charge is 0.469 e. The lowest BCUT2D eigenvalue weighted by atomic mass is 9.79. The standard InChI is InChI=1S/C17H23F4NO3S.C12H11F4NO/c1-15(2,3)26(24)22-16(11-18,12-7-5-6-8-13(12)19)17(20,21)10-9-14(23)25-4;13-7-11(8-3-1-2-4-9(8)14)12(15,16)6-5-10(18)17-11/h5-8,22H,9-11H2,1-4H3;1-4H,5-7H2,(H,17,18)/t16-,26-;11-/m11/s1. The van der Waals surface area contributed by atoms with E-state index in [9.17, 15) is 40.1 Å². The smallest absolute Gasteiger partial charge is 0.305 e. The molecule has 0 bridgehead atoms. The molecular weight excluding hydrogens is 624 g/mol. The first-order valence-corrected chi connectivity index (χ1v) is 14.4. The van der Waals surface area contributed by atoms with E-state index in [0.29, 0.717) is 0 Å². The number of hydrogen-bond donors (Lipinski definition) is 2. The van der Waals surface area contributed by atoms with Crippen molar-refractivity contribution in [2.75, 3.05) is 20.5 Å². The van der Waals surface area contributed by atoms with Gasteiger partial charge >= 0.3 is 5.97 Å². The second kappa shape index (κ2) is 14.4. The maximum absolute atomic E-state index is 15.0. The number of hydrogen-bond acceptors (Lipinski definition) is 4. The summed E-state index contributed by atoms with van der Waals surface area (Å²) in [5.41, 5.74) is -6.68. The van der Waals surface area contributed by atoms with E-state index in [1.54, 1.807) is 0 Å². The van der Waals surface area contributed by atoms with Gasteiger partial charge in [0.05, 0.1) is 29.3 Å². The Kier molecular flexibility index (Phi) is 12.1. The van der Waals surface area contributed by atoms with Crippen LogP contribution in [0.4, 0.5) is 35.1 Å². The number of rotatable bonds is 10. The van der Waals surface area contributed by atoms with Crippen molar-refractivity contribution in [2.45, 2.75) is 74.1 Å². The van der Waals surface area contributed by atoms with Crippen LogP contribution in [0.5, 0.6) is 0 Å². The van der Waals surface area contributed by atoms with Gasteiger partial charge in [0.2, 0.25) is 5.91 Å². The maximum Gasteiger partial charge on any atom is 0.305 e. The Morgan fingerprint density at radius 3 is 2.09 bits per heavy atom. The van der Waals surface area contributed by atoms with Crippen LogP contribution in [0.1, 0.15) is 57.6 Å². The summed E-state index contributed by atoms with van der Waals surface area (Å²) in [5, 5.41) is 1.92. The van der Waals surface area contributed by atoms with Crippen LogP contribution in [0.15, 0.2) is 48.5 Å². The summed E-state index contributed by atoms with van der Waals surface area (Å²) in [7, 11) is -1.10. The molecule has 15 heteroatoms. The molecule has 0 radical (unpaired) electrons. The molecule has 44 heavy (non-hydrogen) atoms. The highest BCUT2D eigenvalue weighted by Crippen LogP contribution is 2.45.